The Morgan fingerprint density at radius 1 is 0.290 bits per heavy atom. The topological polar surface area (TPSA) is 35.6 Å². The van der Waals surface area contributed by atoms with Gasteiger partial charge in [-0.15, -0.1) is 0 Å². The van der Waals surface area contributed by atoms with Crippen LogP contribution in [0, 0.1) is 0 Å². The molecule has 0 aliphatic rings. The van der Waals surface area contributed by atoms with Crippen molar-refractivity contribution < 1.29 is 0 Å². The maximum atomic E-state index is 5.13. The zero-order chi connectivity index (χ0) is 41.0. The van der Waals surface area contributed by atoms with Gasteiger partial charge >= 0.3 is 0 Å². The summed E-state index contributed by atoms with van der Waals surface area (Å²) in [6.07, 6.45) is 0. The fourth-order valence-electron chi connectivity index (χ4n) is 9.32. The van der Waals surface area contributed by atoms with Crippen LogP contribution in [0.25, 0.3) is 111 Å². The monoisotopic (exact) mass is 790 g/mol. The number of fused-ring (bicyclic) bond motifs is 6. The second kappa shape index (κ2) is 14.7. The first-order chi connectivity index (χ1) is 30.8. The van der Waals surface area contributed by atoms with Crippen LogP contribution in [-0.2, 0) is 0 Å². The summed E-state index contributed by atoms with van der Waals surface area (Å²) >= 11 is 0. The van der Waals surface area contributed by atoms with E-state index in [-0.39, 0.29) is 0 Å². The predicted octanol–water partition coefficient (Wildman–Crippen LogP) is 15.0. The fraction of sp³-hybridized carbons (Fsp3) is 0. The Hall–Kier alpha value is -8.34. The molecule has 0 amide bonds. The summed E-state index contributed by atoms with van der Waals surface area (Å²) in [5.41, 5.74) is 16.5. The molecule has 12 rings (SSSR count). The summed E-state index contributed by atoms with van der Waals surface area (Å²) in [5.74, 6) is 0.697. The lowest BCUT2D eigenvalue weighted by Gasteiger charge is -2.17. The molecule has 0 aliphatic carbocycles. The molecule has 0 saturated carbocycles. The molecule has 4 nitrogen and oxygen atoms in total. The third-order valence-electron chi connectivity index (χ3n) is 12.1. The van der Waals surface area contributed by atoms with E-state index >= 15 is 0 Å². The molecule has 0 radical (unpaired) electrons. The Morgan fingerprint density at radius 3 is 1.52 bits per heavy atom. The van der Waals surface area contributed by atoms with Gasteiger partial charge in [0.2, 0.25) is 0 Å². The van der Waals surface area contributed by atoms with Crippen molar-refractivity contribution in [1.82, 2.24) is 19.1 Å². The highest BCUT2D eigenvalue weighted by atomic mass is 15.0. The van der Waals surface area contributed by atoms with Crippen molar-refractivity contribution >= 4 is 43.6 Å². The normalized spacial score (nSPS) is 11.5. The standard InChI is InChI=1S/C58H38N4/c1-4-18-39(19-5-1)51-38-52(40-20-6-2-7-21-40)60-58(59-51)43-23-16-22-41(36-43)42-34-35-56-50(37-42)47-28-12-15-33-55(47)62(56)54-32-14-11-27-46(54)49-30-17-29-48-45-26-10-13-31-53(45)61(57(48)49)44-24-8-3-9-25-44/h1-38H. The van der Waals surface area contributed by atoms with Gasteiger partial charge in [-0.05, 0) is 65.7 Å². The van der Waals surface area contributed by atoms with Crippen molar-refractivity contribution in [3.8, 4) is 67.5 Å². The van der Waals surface area contributed by atoms with Crippen molar-refractivity contribution in [2.24, 2.45) is 0 Å². The van der Waals surface area contributed by atoms with E-state index in [1.807, 2.05) is 12.1 Å². The first-order valence-corrected chi connectivity index (χ1v) is 21.1. The third-order valence-corrected chi connectivity index (χ3v) is 12.1. The SMILES string of the molecule is c1ccc(-c2cc(-c3ccccc3)nc(-c3cccc(-c4ccc5c(c4)c4ccccc4n5-c4ccccc4-c4cccc5c6ccccc6n(-c6ccccc6)c45)c3)n2)cc1. The molecule has 4 heteroatoms. The Kier molecular flexibility index (Phi) is 8.46. The smallest absolute Gasteiger partial charge is 0.160 e. The molecule has 0 atom stereocenters. The minimum absolute atomic E-state index is 0.697. The number of rotatable bonds is 7. The molecule has 9 aromatic carbocycles. The van der Waals surface area contributed by atoms with Crippen molar-refractivity contribution in [2.45, 2.75) is 0 Å². The Labute approximate surface area is 359 Å². The van der Waals surface area contributed by atoms with E-state index in [2.05, 4.69) is 228 Å². The first-order valence-electron chi connectivity index (χ1n) is 21.1. The largest absolute Gasteiger partial charge is 0.309 e. The van der Waals surface area contributed by atoms with Gasteiger partial charge in [0, 0.05) is 55.0 Å². The molecular weight excluding hydrogens is 753 g/mol. The Bertz CT molecular complexity index is 3560. The molecule has 0 N–H and O–H groups in total. The van der Waals surface area contributed by atoms with Gasteiger partial charge < -0.3 is 9.13 Å². The van der Waals surface area contributed by atoms with Crippen LogP contribution in [-0.4, -0.2) is 19.1 Å². The van der Waals surface area contributed by atoms with Crippen LogP contribution in [0.1, 0.15) is 0 Å². The van der Waals surface area contributed by atoms with Gasteiger partial charge in [-0.1, -0.05) is 176 Å². The molecule has 0 spiro atoms. The number of hydrogen-bond acceptors (Lipinski definition) is 2. The number of aromatic nitrogens is 4. The van der Waals surface area contributed by atoms with Crippen LogP contribution in [0.15, 0.2) is 231 Å². The van der Waals surface area contributed by atoms with Gasteiger partial charge in [0.1, 0.15) is 0 Å². The average Bonchev–Trinajstić information content (AvgIpc) is 3.87. The second-order valence-electron chi connectivity index (χ2n) is 15.8. The predicted molar refractivity (Wildman–Crippen MR) is 258 cm³/mol. The van der Waals surface area contributed by atoms with E-state index in [9.17, 15) is 0 Å². The van der Waals surface area contributed by atoms with E-state index in [4.69, 9.17) is 9.97 Å². The van der Waals surface area contributed by atoms with Crippen LogP contribution in [0.5, 0.6) is 0 Å². The number of nitrogens with zero attached hydrogens (tertiary/aromatic N) is 4. The van der Waals surface area contributed by atoms with Gasteiger partial charge in [-0.2, -0.15) is 0 Å². The zero-order valence-corrected chi connectivity index (χ0v) is 33.7. The lowest BCUT2D eigenvalue weighted by Crippen LogP contribution is -1.99. The second-order valence-corrected chi connectivity index (χ2v) is 15.8. The summed E-state index contributed by atoms with van der Waals surface area (Å²) in [4.78, 5) is 10.3. The van der Waals surface area contributed by atoms with Crippen molar-refractivity contribution in [3.05, 3.63) is 231 Å². The van der Waals surface area contributed by atoms with E-state index in [1.54, 1.807) is 0 Å². The summed E-state index contributed by atoms with van der Waals surface area (Å²) in [7, 11) is 0. The van der Waals surface area contributed by atoms with E-state index in [0.717, 1.165) is 61.6 Å². The molecular formula is C58H38N4. The Balaban J connectivity index is 1.02. The summed E-state index contributed by atoms with van der Waals surface area (Å²) in [5, 5.41) is 4.88. The van der Waals surface area contributed by atoms with E-state index < -0.39 is 0 Å². The van der Waals surface area contributed by atoms with Gasteiger partial charge in [-0.3, -0.25) is 0 Å². The average molecular weight is 791 g/mol. The minimum atomic E-state index is 0.697. The van der Waals surface area contributed by atoms with E-state index in [0.29, 0.717) is 5.82 Å². The highest BCUT2D eigenvalue weighted by Gasteiger charge is 2.21. The Morgan fingerprint density at radius 2 is 0.790 bits per heavy atom. The first kappa shape index (κ1) is 35.6. The molecule has 0 bridgehead atoms. The van der Waals surface area contributed by atoms with Crippen molar-refractivity contribution in [3.63, 3.8) is 0 Å². The highest BCUT2D eigenvalue weighted by molar-refractivity contribution is 6.15. The molecule has 0 aliphatic heterocycles. The summed E-state index contributed by atoms with van der Waals surface area (Å²) < 4.78 is 4.87. The van der Waals surface area contributed by atoms with Crippen LogP contribution >= 0.6 is 0 Å². The minimum Gasteiger partial charge on any atom is -0.309 e. The van der Waals surface area contributed by atoms with Crippen molar-refractivity contribution in [1.29, 1.82) is 0 Å². The van der Waals surface area contributed by atoms with Gasteiger partial charge in [0.25, 0.3) is 0 Å². The van der Waals surface area contributed by atoms with Crippen LogP contribution < -0.4 is 0 Å². The third kappa shape index (κ3) is 5.92. The van der Waals surface area contributed by atoms with E-state index in [1.165, 1.54) is 43.7 Å². The lowest BCUT2D eigenvalue weighted by atomic mass is 9.99. The highest BCUT2D eigenvalue weighted by Crippen LogP contribution is 2.43. The van der Waals surface area contributed by atoms with Gasteiger partial charge in [0.05, 0.1) is 39.1 Å². The van der Waals surface area contributed by atoms with Crippen molar-refractivity contribution in [2.75, 3.05) is 0 Å². The fourth-order valence-corrected chi connectivity index (χ4v) is 9.32. The zero-order valence-electron chi connectivity index (χ0n) is 33.7. The summed E-state index contributed by atoms with van der Waals surface area (Å²) in [6, 6.07) is 82.2. The molecule has 3 aromatic heterocycles. The molecule has 12 aromatic rings. The molecule has 0 unspecified atom stereocenters. The number of para-hydroxylation sites is 5. The maximum Gasteiger partial charge on any atom is 0.160 e. The van der Waals surface area contributed by atoms with Crippen LogP contribution in [0.3, 0.4) is 0 Å². The summed E-state index contributed by atoms with van der Waals surface area (Å²) in [6.45, 7) is 0. The number of benzene rings is 9. The molecule has 290 valence electrons. The molecule has 0 saturated heterocycles. The van der Waals surface area contributed by atoms with Gasteiger partial charge in [-0.25, -0.2) is 9.97 Å². The molecule has 3 heterocycles. The molecule has 0 fully saturated rings. The van der Waals surface area contributed by atoms with Gasteiger partial charge in [0.15, 0.2) is 5.82 Å². The number of hydrogen-bond donors (Lipinski definition) is 0. The lowest BCUT2D eigenvalue weighted by molar-refractivity contribution is 1.17. The maximum absolute atomic E-state index is 5.13. The van der Waals surface area contributed by atoms with Crippen LogP contribution in [0.2, 0.25) is 0 Å². The molecule has 62 heavy (non-hydrogen) atoms. The van der Waals surface area contributed by atoms with Crippen LogP contribution in [0.4, 0.5) is 0 Å². The quantitative estimate of drug-likeness (QED) is 0.161.